The molecule has 0 spiro atoms. The van der Waals surface area contributed by atoms with Gasteiger partial charge in [-0.1, -0.05) is 12.5 Å². The van der Waals surface area contributed by atoms with E-state index in [4.69, 9.17) is 11.2 Å². The summed E-state index contributed by atoms with van der Waals surface area (Å²) < 4.78 is 5.83. The molecule has 4 heteroatoms. The minimum atomic E-state index is -0.649. The van der Waals surface area contributed by atoms with Crippen LogP contribution in [0.5, 0.6) is 5.75 Å². The number of nitrogens with one attached hydrogen (secondary N) is 1. The average molecular weight is 287 g/mol. The summed E-state index contributed by atoms with van der Waals surface area (Å²) in [5.74, 6) is 0.472. The van der Waals surface area contributed by atoms with Gasteiger partial charge in [-0.2, -0.15) is 0 Å². The Labute approximate surface area is 89.6 Å². The van der Waals surface area contributed by atoms with Gasteiger partial charge < -0.3 is 4.74 Å². The zero-order valence-electron chi connectivity index (χ0n) is 6.58. The van der Waals surface area contributed by atoms with Gasteiger partial charge in [-0.3, -0.25) is 0 Å². The first-order chi connectivity index (χ1) is 6.22. The SMILES string of the molecule is C#CNC(=O)Oc1cccc(I)c1. The first-order valence-electron chi connectivity index (χ1n) is 3.41. The fourth-order valence-corrected chi connectivity index (χ4v) is 1.24. The van der Waals surface area contributed by atoms with Gasteiger partial charge in [0.1, 0.15) is 5.75 Å². The lowest BCUT2D eigenvalue weighted by atomic mass is 10.3. The first-order valence-corrected chi connectivity index (χ1v) is 4.49. The van der Waals surface area contributed by atoms with Crippen LogP contribution in [0.25, 0.3) is 0 Å². The second-order valence-corrected chi connectivity index (χ2v) is 3.36. The van der Waals surface area contributed by atoms with Crippen LogP contribution in [0, 0.1) is 16.0 Å². The van der Waals surface area contributed by atoms with E-state index in [2.05, 4.69) is 27.9 Å². The smallest absolute Gasteiger partial charge is 0.410 e. The van der Waals surface area contributed by atoms with Crippen molar-refractivity contribution in [1.82, 2.24) is 5.32 Å². The molecule has 0 aromatic heterocycles. The molecule has 0 atom stereocenters. The van der Waals surface area contributed by atoms with E-state index in [9.17, 15) is 4.79 Å². The maximum absolute atomic E-state index is 10.8. The number of carbonyl (C=O) groups excluding carboxylic acids is 1. The minimum absolute atomic E-state index is 0.472. The molecule has 13 heavy (non-hydrogen) atoms. The van der Waals surface area contributed by atoms with Gasteiger partial charge in [0.15, 0.2) is 0 Å². The Bertz CT molecular complexity index is 357. The lowest BCUT2D eigenvalue weighted by Crippen LogP contribution is -2.21. The van der Waals surface area contributed by atoms with Gasteiger partial charge in [0.25, 0.3) is 0 Å². The van der Waals surface area contributed by atoms with Gasteiger partial charge in [0.2, 0.25) is 0 Å². The number of amides is 1. The van der Waals surface area contributed by atoms with Crippen LogP contribution in [-0.4, -0.2) is 6.09 Å². The summed E-state index contributed by atoms with van der Waals surface area (Å²) in [5, 5.41) is 2.08. The molecule has 0 unspecified atom stereocenters. The summed E-state index contributed by atoms with van der Waals surface area (Å²) in [6.07, 6.45) is 4.20. The topological polar surface area (TPSA) is 38.3 Å². The van der Waals surface area contributed by atoms with Crippen molar-refractivity contribution in [3.8, 4) is 18.2 Å². The van der Waals surface area contributed by atoms with Crippen molar-refractivity contribution in [3.63, 3.8) is 0 Å². The molecule has 0 aliphatic carbocycles. The standard InChI is InChI=1S/C9H6INO2/c1-2-11-9(12)13-8-5-3-4-7(10)6-8/h1,3-6H,(H,11,12). The van der Waals surface area contributed by atoms with Gasteiger partial charge >= 0.3 is 6.09 Å². The van der Waals surface area contributed by atoms with Crippen LogP contribution < -0.4 is 10.1 Å². The zero-order chi connectivity index (χ0) is 9.68. The van der Waals surface area contributed by atoms with E-state index in [1.54, 1.807) is 18.2 Å². The largest absolute Gasteiger partial charge is 0.424 e. The molecule has 3 nitrogen and oxygen atoms in total. The van der Waals surface area contributed by atoms with Crippen molar-refractivity contribution in [1.29, 1.82) is 0 Å². The van der Waals surface area contributed by atoms with E-state index in [-0.39, 0.29) is 0 Å². The molecule has 0 aliphatic heterocycles. The van der Waals surface area contributed by atoms with Crippen LogP contribution in [0.2, 0.25) is 0 Å². The number of rotatable bonds is 1. The summed E-state index contributed by atoms with van der Waals surface area (Å²) in [7, 11) is 0. The maximum Gasteiger partial charge on any atom is 0.424 e. The number of halogens is 1. The summed E-state index contributed by atoms with van der Waals surface area (Å²) in [4.78, 5) is 10.8. The molecule has 1 rings (SSSR count). The molecule has 0 radical (unpaired) electrons. The second kappa shape index (κ2) is 4.72. The predicted octanol–water partition coefficient (Wildman–Crippen LogP) is 1.97. The van der Waals surface area contributed by atoms with Crippen molar-refractivity contribution >= 4 is 28.7 Å². The Hall–Kier alpha value is -1.22. The fraction of sp³-hybridized carbons (Fsp3) is 0. The molecular formula is C9H6INO2. The number of ether oxygens (including phenoxy) is 1. The predicted molar refractivity (Wildman–Crippen MR) is 57.2 cm³/mol. The molecule has 0 saturated carbocycles. The molecule has 0 bridgehead atoms. The number of benzene rings is 1. The fourth-order valence-electron chi connectivity index (χ4n) is 0.722. The van der Waals surface area contributed by atoms with E-state index in [0.29, 0.717) is 5.75 Å². The van der Waals surface area contributed by atoms with E-state index in [0.717, 1.165) is 3.57 Å². The first kappa shape index (κ1) is 9.86. The number of hydrogen-bond acceptors (Lipinski definition) is 2. The molecule has 1 amide bonds. The van der Waals surface area contributed by atoms with Gasteiger partial charge in [-0.05, 0) is 40.8 Å². The van der Waals surface area contributed by atoms with E-state index >= 15 is 0 Å². The third kappa shape index (κ3) is 3.34. The number of hydrogen-bond donors (Lipinski definition) is 1. The highest BCUT2D eigenvalue weighted by Gasteiger charge is 2.01. The van der Waals surface area contributed by atoms with Crippen LogP contribution in [0.3, 0.4) is 0 Å². The minimum Gasteiger partial charge on any atom is -0.410 e. The quantitative estimate of drug-likeness (QED) is 0.487. The molecular weight excluding hydrogens is 281 g/mol. The monoisotopic (exact) mass is 287 g/mol. The summed E-state index contributed by atoms with van der Waals surface area (Å²) in [5.41, 5.74) is 0. The lowest BCUT2D eigenvalue weighted by molar-refractivity contribution is 0.205. The van der Waals surface area contributed by atoms with Crippen molar-refractivity contribution in [2.45, 2.75) is 0 Å². The Morgan fingerprint density at radius 3 is 3.00 bits per heavy atom. The van der Waals surface area contributed by atoms with Gasteiger partial charge in [-0.25, -0.2) is 10.1 Å². The summed E-state index contributed by atoms with van der Waals surface area (Å²) in [6.45, 7) is 0. The lowest BCUT2D eigenvalue weighted by Gasteiger charge is -2.01. The number of terminal acetylenes is 1. The maximum atomic E-state index is 10.8. The Kier molecular flexibility index (Phi) is 3.58. The van der Waals surface area contributed by atoms with Crippen molar-refractivity contribution in [2.24, 2.45) is 0 Å². The molecule has 0 aliphatic rings. The van der Waals surface area contributed by atoms with Gasteiger partial charge in [0, 0.05) is 9.61 Å². The van der Waals surface area contributed by atoms with Crippen molar-refractivity contribution < 1.29 is 9.53 Å². The highest BCUT2D eigenvalue weighted by molar-refractivity contribution is 14.1. The molecule has 1 aromatic rings. The normalized spacial score (nSPS) is 8.62. The third-order valence-electron chi connectivity index (χ3n) is 1.18. The zero-order valence-corrected chi connectivity index (χ0v) is 8.74. The molecule has 66 valence electrons. The van der Waals surface area contributed by atoms with Crippen LogP contribution >= 0.6 is 22.6 Å². The highest BCUT2D eigenvalue weighted by atomic mass is 127. The summed E-state index contributed by atoms with van der Waals surface area (Å²) >= 11 is 2.12. The van der Waals surface area contributed by atoms with Crippen molar-refractivity contribution in [2.75, 3.05) is 0 Å². The second-order valence-electron chi connectivity index (χ2n) is 2.12. The van der Waals surface area contributed by atoms with E-state index in [1.807, 2.05) is 12.1 Å². The van der Waals surface area contributed by atoms with Crippen molar-refractivity contribution in [3.05, 3.63) is 27.8 Å². The third-order valence-corrected chi connectivity index (χ3v) is 1.85. The van der Waals surface area contributed by atoms with Crippen LogP contribution in [0.1, 0.15) is 0 Å². The van der Waals surface area contributed by atoms with Gasteiger partial charge in [-0.15, -0.1) is 0 Å². The van der Waals surface area contributed by atoms with Crippen LogP contribution in [0.4, 0.5) is 4.79 Å². The molecule has 1 N–H and O–H groups in total. The van der Waals surface area contributed by atoms with E-state index in [1.165, 1.54) is 0 Å². The number of carbonyl (C=O) groups is 1. The Morgan fingerprint density at radius 1 is 1.62 bits per heavy atom. The molecule has 0 saturated heterocycles. The van der Waals surface area contributed by atoms with E-state index < -0.39 is 6.09 Å². The van der Waals surface area contributed by atoms with Gasteiger partial charge in [0.05, 0.1) is 0 Å². The van der Waals surface area contributed by atoms with Crippen LogP contribution in [-0.2, 0) is 0 Å². The Balaban J connectivity index is 2.65. The molecule has 1 aromatic carbocycles. The highest BCUT2D eigenvalue weighted by Crippen LogP contribution is 2.14. The van der Waals surface area contributed by atoms with Crippen LogP contribution in [0.15, 0.2) is 24.3 Å². The summed E-state index contributed by atoms with van der Waals surface area (Å²) in [6, 6.07) is 9.07. The Morgan fingerprint density at radius 2 is 2.38 bits per heavy atom. The molecule has 0 fully saturated rings. The molecule has 0 heterocycles. The average Bonchev–Trinajstić information content (AvgIpc) is 2.04.